The van der Waals surface area contributed by atoms with E-state index in [4.69, 9.17) is 0 Å². The molecule has 0 rings (SSSR count). The van der Waals surface area contributed by atoms with Crippen LogP contribution < -0.4 is 0 Å². The highest BCUT2D eigenvalue weighted by Crippen LogP contribution is 2.01. The maximum atomic E-state index is 11.3. The summed E-state index contributed by atoms with van der Waals surface area (Å²) in [6, 6.07) is -0.589. The standard InChI is InChI=1S/C12H24N2O4/c1-9(11(15)17-5)13(3)7-8-14(4)10(2)12(16)18-6/h9-10H,7-8H2,1-6H3/t9-,10-/m0/s1. The molecule has 0 bridgehead atoms. The molecule has 6 nitrogen and oxygen atoms in total. The summed E-state index contributed by atoms with van der Waals surface area (Å²) < 4.78 is 9.35. The quantitative estimate of drug-likeness (QED) is 0.599. The van der Waals surface area contributed by atoms with E-state index in [1.54, 1.807) is 13.8 Å². The SMILES string of the molecule is COC(=O)[C@H](C)N(C)CCN(C)[C@@H](C)C(=O)OC. The molecule has 0 aliphatic heterocycles. The maximum Gasteiger partial charge on any atom is 0.322 e. The topological polar surface area (TPSA) is 59.1 Å². The highest BCUT2D eigenvalue weighted by molar-refractivity contribution is 5.75. The molecule has 0 aromatic carbocycles. The van der Waals surface area contributed by atoms with Crippen molar-refractivity contribution < 1.29 is 19.1 Å². The van der Waals surface area contributed by atoms with Crippen molar-refractivity contribution in [2.45, 2.75) is 25.9 Å². The summed E-state index contributed by atoms with van der Waals surface area (Å²) in [6.07, 6.45) is 0. The molecule has 18 heavy (non-hydrogen) atoms. The van der Waals surface area contributed by atoms with E-state index in [2.05, 4.69) is 9.47 Å². The molecule has 0 saturated carbocycles. The molecule has 6 heteroatoms. The molecule has 0 aromatic heterocycles. The van der Waals surface area contributed by atoms with E-state index in [1.807, 2.05) is 23.9 Å². The minimum atomic E-state index is -0.295. The van der Waals surface area contributed by atoms with Crippen molar-refractivity contribution in [3.8, 4) is 0 Å². The van der Waals surface area contributed by atoms with Crippen molar-refractivity contribution in [3.05, 3.63) is 0 Å². The summed E-state index contributed by atoms with van der Waals surface area (Å²) in [5, 5.41) is 0. The minimum absolute atomic E-state index is 0.263. The smallest absolute Gasteiger partial charge is 0.322 e. The number of esters is 2. The largest absolute Gasteiger partial charge is 0.468 e. The molecule has 0 aliphatic carbocycles. The number of carbonyl (C=O) groups is 2. The van der Waals surface area contributed by atoms with E-state index < -0.39 is 0 Å². The molecular weight excluding hydrogens is 236 g/mol. The van der Waals surface area contributed by atoms with Gasteiger partial charge in [0, 0.05) is 13.1 Å². The number of likely N-dealkylation sites (N-methyl/N-ethyl adjacent to an activating group) is 2. The van der Waals surface area contributed by atoms with Crippen molar-refractivity contribution in [1.29, 1.82) is 0 Å². The van der Waals surface area contributed by atoms with Crippen molar-refractivity contribution in [3.63, 3.8) is 0 Å². The van der Waals surface area contributed by atoms with Gasteiger partial charge >= 0.3 is 11.9 Å². The van der Waals surface area contributed by atoms with Gasteiger partial charge in [-0.1, -0.05) is 0 Å². The van der Waals surface area contributed by atoms with E-state index in [0.29, 0.717) is 13.1 Å². The predicted octanol–water partition coefficient (Wildman–Crippen LogP) is -0.0270. The Kier molecular flexibility index (Phi) is 7.54. The van der Waals surface area contributed by atoms with E-state index in [9.17, 15) is 9.59 Å². The summed E-state index contributed by atoms with van der Waals surface area (Å²) >= 11 is 0. The molecule has 0 saturated heterocycles. The van der Waals surface area contributed by atoms with Crippen molar-refractivity contribution in [2.24, 2.45) is 0 Å². The lowest BCUT2D eigenvalue weighted by atomic mass is 10.2. The second kappa shape index (κ2) is 8.05. The summed E-state index contributed by atoms with van der Waals surface area (Å²) in [6.45, 7) is 4.90. The van der Waals surface area contributed by atoms with Gasteiger partial charge in [0.2, 0.25) is 0 Å². The number of ether oxygens (including phenoxy) is 2. The van der Waals surface area contributed by atoms with Gasteiger partial charge in [-0.15, -0.1) is 0 Å². The molecule has 0 radical (unpaired) electrons. The summed E-state index contributed by atoms with van der Waals surface area (Å²) in [5.41, 5.74) is 0. The molecule has 0 aromatic rings. The van der Waals surface area contributed by atoms with Crippen LogP contribution in [0, 0.1) is 0 Å². The molecule has 106 valence electrons. The van der Waals surface area contributed by atoms with E-state index in [1.165, 1.54) is 14.2 Å². The first-order valence-corrected chi connectivity index (χ1v) is 5.91. The maximum absolute atomic E-state index is 11.3. The van der Waals surface area contributed by atoms with Crippen LogP contribution in [0.4, 0.5) is 0 Å². The lowest BCUT2D eigenvalue weighted by molar-refractivity contribution is -0.147. The molecule has 0 heterocycles. The first-order valence-electron chi connectivity index (χ1n) is 5.91. The first-order chi connectivity index (χ1) is 8.34. The van der Waals surface area contributed by atoms with Crippen molar-refractivity contribution in [1.82, 2.24) is 9.80 Å². The lowest BCUT2D eigenvalue weighted by Crippen LogP contribution is -2.44. The van der Waals surface area contributed by atoms with Gasteiger partial charge in [-0.25, -0.2) is 0 Å². The predicted molar refractivity (Wildman–Crippen MR) is 68.2 cm³/mol. The zero-order chi connectivity index (χ0) is 14.3. The molecule has 0 amide bonds. The highest BCUT2D eigenvalue weighted by Gasteiger charge is 2.21. The monoisotopic (exact) mass is 260 g/mol. The Morgan fingerprint density at radius 3 is 1.39 bits per heavy atom. The third-order valence-electron chi connectivity index (χ3n) is 3.21. The number of methoxy groups -OCH3 is 2. The van der Waals surface area contributed by atoms with Gasteiger partial charge in [0.05, 0.1) is 14.2 Å². The Morgan fingerprint density at radius 1 is 0.889 bits per heavy atom. The minimum Gasteiger partial charge on any atom is -0.468 e. The zero-order valence-electron chi connectivity index (χ0n) is 12.1. The molecule has 0 fully saturated rings. The average Bonchev–Trinajstić information content (AvgIpc) is 2.40. The molecule has 2 atom stereocenters. The summed E-state index contributed by atoms with van der Waals surface area (Å²) in [4.78, 5) is 26.4. The van der Waals surface area contributed by atoms with Crippen molar-refractivity contribution >= 4 is 11.9 Å². The number of hydrogen-bond donors (Lipinski definition) is 0. The van der Waals surface area contributed by atoms with Crippen LogP contribution in [0.3, 0.4) is 0 Å². The van der Waals surface area contributed by atoms with Crippen molar-refractivity contribution in [2.75, 3.05) is 41.4 Å². The fourth-order valence-electron chi connectivity index (χ4n) is 1.40. The zero-order valence-corrected chi connectivity index (χ0v) is 12.1. The van der Waals surface area contributed by atoms with Gasteiger partial charge in [-0.2, -0.15) is 0 Å². The van der Waals surface area contributed by atoms with Crippen LogP contribution in [0.2, 0.25) is 0 Å². The fourth-order valence-corrected chi connectivity index (χ4v) is 1.40. The van der Waals surface area contributed by atoms with Crippen LogP contribution >= 0.6 is 0 Å². The molecule has 0 N–H and O–H groups in total. The third-order valence-corrected chi connectivity index (χ3v) is 3.21. The van der Waals surface area contributed by atoms with E-state index >= 15 is 0 Å². The molecule has 0 unspecified atom stereocenters. The van der Waals surface area contributed by atoms with Crippen LogP contribution in [0.1, 0.15) is 13.8 Å². The Bertz CT molecular complexity index is 255. The van der Waals surface area contributed by atoms with E-state index in [-0.39, 0.29) is 24.0 Å². The molecule has 0 aliphatic rings. The first kappa shape index (κ1) is 16.9. The molecule has 0 spiro atoms. The molecular formula is C12H24N2O4. The van der Waals surface area contributed by atoms with Crippen LogP contribution in [0.25, 0.3) is 0 Å². The Morgan fingerprint density at radius 2 is 1.17 bits per heavy atom. The van der Waals surface area contributed by atoms with Gasteiger partial charge in [-0.05, 0) is 27.9 Å². The summed E-state index contributed by atoms with van der Waals surface area (Å²) in [5.74, 6) is -0.526. The Balaban J connectivity index is 4.16. The van der Waals surface area contributed by atoms with Gasteiger partial charge in [0.25, 0.3) is 0 Å². The van der Waals surface area contributed by atoms with Gasteiger partial charge < -0.3 is 9.47 Å². The number of nitrogens with zero attached hydrogens (tertiary/aromatic N) is 2. The van der Waals surface area contributed by atoms with Crippen LogP contribution in [0.5, 0.6) is 0 Å². The van der Waals surface area contributed by atoms with Crippen LogP contribution in [-0.2, 0) is 19.1 Å². The van der Waals surface area contributed by atoms with Gasteiger partial charge in [0.1, 0.15) is 12.1 Å². The van der Waals surface area contributed by atoms with Crippen LogP contribution in [0.15, 0.2) is 0 Å². The van der Waals surface area contributed by atoms with E-state index in [0.717, 1.165) is 0 Å². The Hall–Kier alpha value is -1.14. The summed E-state index contributed by atoms with van der Waals surface area (Å²) in [7, 11) is 6.44. The lowest BCUT2D eigenvalue weighted by Gasteiger charge is -2.27. The second-order valence-electron chi connectivity index (χ2n) is 4.36. The normalized spacial score (nSPS) is 14.4. The second-order valence-corrected chi connectivity index (χ2v) is 4.36. The fraction of sp³-hybridized carbons (Fsp3) is 0.833. The number of hydrogen-bond acceptors (Lipinski definition) is 6. The third kappa shape index (κ3) is 5.01. The average molecular weight is 260 g/mol. The Labute approximate surface area is 109 Å². The van der Waals surface area contributed by atoms with Crippen LogP contribution in [-0.4, -0.2) is 75.2 Å². The van der Waals surface area contributed by atoms with Gasteiger partial charge in [-0.3, -0.25) is 19.4 Å². The number of carbonyl (C=O) groups excluding carboxylic acids is 2. The van der Waals surface area contributed by atoms with Gasteiger partial charge in [0.15, 0.2) is 0 Å². The highest BCUT2D eigenvalue weighted by atomic mass is 16.5. The number of rotatable bonds is 7.